The highest BCUT2D eigenvalue weighted by molar-refractivity contribution is 4.82. The molecule has 0 spiro atoms. The molecule has 0 aromatic heterocycles. The van der Waals surface area contributed by atoms with Gasteiger partial charge in [-0.1, -0.05) is 51.9 Å². The highest BCUT2D eigenvalue weighted by atomic mass is 16.7. The average Bonchev–Trinajstić information content (AvgIpc) is 3.10. The summed E-state index contributed by atoms with van der Waals surface area (Å²) in [6.45, 7) is 3.95. The molecule has 0 aromatic carbocycles. The molecule has 1 saturated heterocycles. The van der Waals surface area contributed by atoms with Crippen molar-refractivity contribution in [2.24, 2.45) is 23.7 Å². The zero-order valence-corrected chi connectivity index (χ0v) is 15.3. The minimum atomic E-state index is 0.115. The third kappa shape index (κ3) is 5.46. The van der Waals surface area contributed by atoms with Gasteiger partial charge in [0, 0.05) is 0 Å². The lowest BCUT2D eigenvalue weighted by Crippen LogP contribution is -2.26. The maximum absolute atomic E-state index is 5.54. The van der Waals surface area contributed by atoms with Gasteiger partial charge in [0.2, 0.25) is 0 Å². The molecule has 3 aliphatic rings. The van der Waals surface area contributed by atoms with E-state index in [9.17, 15) is 0 Å². The van der Waals surface area contributed by atoms with E-state index in [1.165, 1.54) is 77.0 Å². The van der Waals surface area contributed by atoms with Crippen molar-refractivity contribution in [3.63, 3.8) is 0 Å². The maximum atomic E-state index is 5.54. The van der Waals surface area contributed by atoms with Gasteiger partial charge in [-0.25, -0.2) is 0 Å². The zero-order valence-electron chi connectivity index (χ0n) is 15.3. The van der Waals surface area contributed by atoms with Gasteiger partial charge in [-0.05, 0) is 62.2 Å². The minimum absolute atomic E-state index is 0.115. The topological polar surface area (TPSA) is 18.5 Å². The molecule has 3 rings (SSSR count). The molecule has 0 atom stereocenters. The lowest BCUT2D eigenvalue weighted by molar-refractivity contribution is -0.0488. The molecule has 0 N–H and O–H groups in total. The van der Waals surface area contributed by atoms with Crippen LogP contribution in [-0.2, 0) is 9.47 Å². The summed E-state index contributed by atoms with van der Waals surface area (Å²) in [7, 11) is 0. The van der Waals surface area contributed by atoms with Crippen molar-refractivity contribution in [1.29, 1.82) is 0 Å². The number of hydrogen-bond donors (Lipinski definition) is 0. The van der Waals surface area contributed by atoms with Gasteiger partial charge in [-0.3, -0.25) is 0 Å². The lowest BCUT2D eigenvalue weighted by atomic mass is 9.68. The predicted molar refractivity (Wildman–Crippen MR) is 95.3 cm³/mol. The van der Waals surface area contributed by atoms with Gasteiger partial charge in [-0.2, -0.15) is 0 Å². The van der Waals surface area contributed by atoms with Crippen LogP contribution in [0.15, 0.2) is 0 Å². The second kappa shape index (κ2) is 9.42. The van der Waals surface area contributed by atoms with Gasteiger partial charge >= 0.3 is 0 Å². The van der Waals surface area contributed by atoms with Crippen LogP contribution in [0, 0.1) is 23.7 Å². The molecule has 1 aliphatic heterocycles. The van der Waals surface area contributed by atoms with Crippen LogP contribution in [0.25, 0.3) is 0 Å². The van der Waals surface area contributed by atoms with Gasteiger partial charge in [0.15, 0.2) is 6.29 Å². The molecule has 23 heavy (non-hydrogen) atoms. The van der Waals surface area contributed by atoms with E-state index in [1.807, 2.05) is 0 Å². The number of ether oxygens (including phenoxy) is 2. The predicted octanol–water partition coefficient (Wildman–Crippen LogP) is 5.94. The Kier molecular flexibility index (Phi) is 7.26. The Bertz CT molecular complexity index is 308. The summed E-state index contributed by atoms with van der Waals surface area (Å²) in [5.41, 5.74) is 0. The lowest BCUT2D eigenvalue weighted by Gasteiger charge is -2.38. The fourth-order valence-electron chi connectivity index (χ4n) is 5.45. The largest absolute Gasteiger partial charge is 0.350 e. The van der Waals surface area contributed by atoms with Crippen LogP contribution in [-0.4, -0.2) is 19.5 Å². The molecule has 2 heteroatoms. The average molecular weight is 323 g/mol. The highest BCUT2D eigenvalue weighted by Crippen LogP contribution is 2.43. The van der Waals surface area contributed by atoms with Crippen molar-refractivity contribution in [2.75, 3.05) is 13.2 Å². The smallest absolute Gasteiger partial charge is 0.157 e. The summed E-state index contributed by atoms with van der Waals surface area (Å²) in [6, 6.07) is 0. The molecule has 0 radical (unpaired) electrons. The molecule has 0 amide bonds. The zero-order chi connectivity index (χ0) is 15.9. The second-order valence-electron chi connectivity index (χ2n) is 8.45. The Labute approximate surface area is 143 Å². The van der Waals surface area contributed by atoms with E-state index in [1.54, 1.807) is 0 Å². The third-order valence-electron chi connectivity index (χ3n) is 6.89. The summed E-state index contributed by atoms with van der Waals surface area (Å²) >= 11 is 0. The van der Waals surface area contributed by atoms with Crippen molar-refractivity contribution >= 4 is 0 Å². The Morgan fingerprint density at radius 3 is 1.70 bits per heavy atom. The first-order valence-corrected chi connectivity index (χ1v) is 10.6. The van der Waals surface area contributed by atoms with E-state index in [-0.39, 0.29) is 6.29 Å². The van der Waals surface area contributed by atoms with E-state index in [4.69, 9.17) is 9.47 Å². The number of hydrogen-bond acceptors (Lipinski definition) is 2. The summed E-state index contributed by atoms with van der Waals surface area (Å²) in [5.74, 6) is 4.19. The second-order valence-corrected chi connectivity index (χ2v) is 8.45. The number of rotatable bonds is 7. The normalized spacial score (nSPS) is 36.4. The Morgan fingerprint density at radius 1 is 0.652 bits per heavy atom. The molecule has 2 saturated carbocycles. The summed E-state index contributed by atoms with van der Waals surface area (Å²) < 4.78 is 11.1. The summed E-state index contributed by atoms with van der Waals surface area (Å²) in [5, 5.41) is 0. The fourth-order valence-corrected chi connectivity index (χ4v) is 5.45. The minimum Gasteiger partial charge on any atom is -0.350 e. The van der Waals surface area contributed by atoms with Crippen LogP contribution in [0.5, 0.6) is 0 Å². The Hall–Kier alpha value is -0.0800. The quantitative estimate of drug-likeness (QED) is 0.577. The highest BCUT2D eigenvalue weighted by Gasteiger charge is 2.30. The van der Waals surface area contributed by atoms with E-state index >= 15 is 0 Å². The van der Waals surface area contributed by atoms with Gasteiger partial charge in [0.1, 0.15) is 0 Å². The molecule has 0 aromatic rings. The summed E-state index contributed by atoms with van der Waals surface area (Å²) in [4.78, 5) is 0. The van der Waals surface area contributed by atoms with Crippen LogP contribution < -0.4 is 0 Å². The van der Waals surface area contributed by atoms with Crippen LogP contribution >= 0.6 is 0 Å². The van der Waals surface area contributed by atoms with Crippen LogP contribution in [0.1, 0.15) is 90.4 Å². The molecule has 0 unspecified atom stereocenters. The van der Waals surface area contributed by atoms with Gasteiger partial charge in [-0.15, -0.1) is 0 Å². The van der Waals surface area contributed by atoms with Gasteiger partial charge in [0.05, 0.1) is 13.2 Å². The first-order chi connectivity index (χ1) is 11.3. The van der Waals surface area contributed by atoms with E-state index in [2.05, 4.69) is 6.92 Å². The van der Waals surface area contributed by atoms with Gasteiger partial charge in [0.25, 0.3) is 0 Å². The molecular formula is C21H38O2. The van der Waals surface area contributed by atoms with Crippen molar-refractivity contribution < 1.29 is 9.47 Å². The fraction of sp³-hybridized carbons (Fsp3) is 1.00. The van der Waals surface area contributed by atoms with Crippen LogP contribution in [0.4, 0.5) is 0 Å². The molecule has 134 valence electrons. The van der Waals surface area contributed by atoms with E-state index in [0.29, 0.717) is 0 Å². The van der Waals surface area contributed by atoms with E-state index in [0.717, 1.165) is 43.3 Å². The Morgan fingerprint density at radius 2 is 1.17 bits per heavy atom. The molecule has 2 aliphatic carbocycles. The third-order valence-corrected chi connectivity index (χ3v) is 6.89. The van der Waals surface area contributed by atoms with Crippen molar-refractivity contribution in [2.45, 2.75) is 96.7 Å². The first-order valence-electron chi connectivity index (χ1n) is 10.6. The Balaban J connectivity index is 1.28. The molecule has 2 nitrogen and oxygen atoms in total. The monoisotopic (exact) mass is 322 g/mol. The van der Waals surface area contributed by atoms with Crippen molar-refractivity contribution in [3.05, 3.63) is 0 Å². The van der Waals surface area contributed by atoms with Crippen molar-refractivity contribution in [1.82, 2.24) is 0 Å². The van der Waals surface area contributed by atoms with Crippen molar-refractivity contribution in [3.8, 4) is 0 Å². The molecule has 3 fully saturated rings. The van der Waals surface area contributed by atoms with Gasteiger partial charge < -0.3 is 9.47 Å². The maximum Gasteiger partial charge on any atom is 0.157 e. The summed E-state index contributed by atoms with van der Waals surface area (Å²) in [6.07, 6.45) is 18.9. The molecule has 0 bridgehead atoms. The standard InChI is InChI=1S/C21H38O2/c1-2-4-17-7-11-19(12-8-17)20-13-9-18(10-14-20)5-3-6-21-22-15-16-23-21/h17-21H,2-16H2,1H3. The molecular weight excluding hydrogens is 284 g/mol. The van der Waals surface area contributed by atoms with Crippen LogP contribution in [0.2, 0.25) is 0 Å². The SMILES string of the molecule is CCCC1CCC(C2CCC(CCCC3OCCO3)CC2)CC1. The first kappa shape index (κ1) is 17.7. The molecule has 1 heterocycles. The van der Waals surface area contributed by atoms with Crippen LogP contribution in [0.3, 0.4) is 0 Å². The van der Waals surface area contributed by atoms with E-state index < -0.39 is 0 Å².